The molecule has 2 rings (SSSR count). The minimum Gasteiger partial charge on any atom is -0.399 e. The molecule has 1 heterocycles. The van der Waals surface area contributed by atoms with Crippen LogP contribution in [0, 0.1) is 5.41 Å². The summed E-state index contributed by atoms with van der Waals surface area (Å²) in [5, 5.41) is 1.80. The first-order valence-corrected chi connectivity index (χ1v) is 7.19. The number of piperidine rings is 1. The van der Waals surface area contributed by atoms with Gasteiger partial charge < -0.3 is 10.6 Å². The van der Waals surface area contributed by atoms with Gasteiger partial charge in [0.1, 0.15) is 0 Å². The van der Waals surface area contributed by atoms with Gasteiger partial charge in [-0.2, -0.15) is 0 Å². The highest BCUT2D eigenvalue weighted by Crippen LogP contribution is 2.29. The Kier molecular flexibility index (Phi) is 4.33. The molecular formula is C16H24N2O2. The number of rotatable bonds is 2. The second-order valence-corrected chi connectivity index (χ2v) is 6.53. The number of hydroxylamine groups is 2. The van der Waals surface area contributed by atoms with E-state index in [0.29, 0.717) is 5.92 Å². The predicted molar refractivity (Wildman–Crippen MR) is 79.9 cm³/mol. The van der Waals surface area contributed by atoms with Gasteiger partial charge in [0.25, 0.3) is 0 Å². The third kappa shape index (κ3) is 3.73. The zero-order chi connectivity index (χ0) is 14.8. The first-order valence-electron chi connectivity index (χ1n) is 7.19. The van der Waals surface area contributed by atoms with E-state index in [-0.39, 0.29) is 5.97 Å². The Hall–Kier alpha value is -1.55. The molecule has 0 bridgehead atoms. The first-order chi connectivity index (χ1) is 9.36. The summed E-state index contributed by atoms with van der Waals surface area (Å²) in [4.78, 5) is 17.4. The van der Waals surface area contributed by atoms with Gasteiger partial charge in [-0.25, -0.2) is 4.79 Å². The van der Waals surface area contributed by atoms with Crippen molar-refractivity contribution in [2.75, 3.05) is 18.8 Å². The van der Waals surface area contributed by atoms with Crippen molar-refractivity contribution in [3.63, 3.8) is 0 Å². The van der Waals surface area contributed by atoms with Crippen LogP contribution in [-0.4, -0.2) is 24.1 Å². The van der Waals surface area contributed by atoms with Crippen molar-refractivity contribution in [1.29, 1.82) is 0 Å². The number of hydrogen-bond acceptors (Lipinski definition) is 4. The average molecular weight is 276 g/mol. The van der Waals surface area contributed by atoms with Gasteiger partial charge in [-0.1, -0.05) is 12.1 Å². The zero-order valence-electron chi connectivity index (χ0n) is 12.6. The van der Waals surface area contributed by atoms with E-state index >= 15 is 0 Å². The molecule has 1 aliphatic rings. The van der Waals surface area contributed by atoms with Crippen LogP contribution >= 0.6 is 0 Å². The van der Waals surface area contributed by atoms with Crippen LogP contribution in [0.1, 0.15) is 45.1 Å². The number of nitrogen functional groups attached to an aromatic ring is 1. The van der Waals surface area contributed by atoms with Crippen LogP contribution in [0.25, 0.3) is 0 Å². The largest absolute Gasteiger partial charge is 0.399 e. The summed E-state index contributed by atoms with van der Waals surface area (Å²) in [7, 11) is 0. The van der Waals surface area contributed by atoms with E-state index in [0.717, 1.165) is 31.6 Å². The molecule has 2 N–H and O–H groups in total. The Bertz CT molecular complexity index is 480. The monoisotopic (exact) mass is 276 g/mol. The lowest BCUT2D eigenvalue weighted by atomic mass is 9.91. The normalized spacial score (nSPS) is 20.6. The molecule has 0 saturated carbocycles. The van der Waals surface area contributed by atoms with Gasteiger partial charge in [-0.15, -0.1) is 5.06 Å². The number of benzene rings is 1. The fourth-order valence-corrected chi connectivity index (χ4v) is 2.36. The summed E-state index contributed by atoms with van der Waals surface area (Å²) in [6, 6.07) is 7.98. The molecule has 0 amide bonds. The third-order valence-corrected chi connectivity index (χ3v) is 3.59. The molecule has 0 radical (unpaired) electrons. The quantitative estimate of drug-likeness (QED) is 0.844. The summed E-state index contributed by atoms with van der Waals surface area (Å²) in [6.45, 7) is 7.16. The standard InChI is InChI=1S/C16H24N2O2/c1-16(2,3)15(19)20-18-9-5-7-13(11-18)12-6-4-8-14(17)10-12/h4,6,8,10,13H,5,7,9,11,17H2,1-3H3. The number of carbonyl (C=O) groups excluding carboxylic acids is 1. The van der Waals surface area contributed by atoms with Gasteiger partial charge >= 0.3 is 5.97 Å². The summed E-state index contributed by atoms with van der Waals surface area (Å²) >= 11 is 0. The number of hydrogen-bond donors (Lipinski definition) is 1. The Labute approximate surface area is 120 Å². The van der Waals surface area contributed by atoms with Crippen molar-refractivity contribution in [2.24, 2.45) is 5.41 Å². The van der Waals surface area contributed by atoms with E-state index in [1.807, 2.05) is 39.0 Å². The van der Waals surface area contributed by atoms with E-state index in [2.05, 4.69) is 6.07 Å². The lowest BCUT2D eigenvalue weighted by Crippen LogP contribution is -2.39. The van der Waals surface area contributed by atoms with E-state index in [9.17, 15) is 4.79 Å². The molecule has 1 unspecified atom stereocenters. The van der Waals surface area contributed by atoms with Gasteiger partial charge in [-0.3, -0.25) is 0 Å². The molecule has 1 atom stereocenters. The second-order valence-electron chi connectivity index (χ2n) is 6.53. The lowest BCUT2D eigenvalue weighted by molar-refractivity contribution is -0.205. The molecule has 0 spiro atoms. The Morgan fingerprint density at radius 2 is 2.15 bits per heavy atom. The third-order valence-electron chi connectivity index (χ3n) is 3.59. The van der Waals surface area contributed by atoms with Crippen LogP contribution in [0.5, 0.6) is 0 Å². The number of nitrogens with zero attached hydrogens (tertiary/aromatic N) is 1. The molecule has 0 aliphatic carbocycles. The van der Waals surface area contributed by atoms with Gasteiger partial charge in [0.2, 0.25) is 0 Å². The van der Waals surface area contributed by atoms with Gasteiger partial charge in [0.05, 0.1) is 5.41 Å². The maximum atomic E-state index is 11.9. The van der Waals surface area contributed by atoms with Crippen molar-refractivity contribution < 1.29 is 9.63 Å². The molecule has 1 aromatic carbocycles. The van der Waals surface area contributed by atoms with Crippen LogP contribution in [0.3, 0.4) is 0 Å². The fourth-order valence-electron chi connectivity index (χ4n) is 2.36. The highest BCUT2D eigenvalue weighted by atomic mass is 16.7. The van der Waals surface area contributed by atoms with Crippen molar-refractivity contribution >= 4 is 11.7 Å². The maximum Gasteiger partial charge on any atom is 0.330 e. The predicted octanol–water partition coefficient (Wildman–Crippen LogP) is 2.95. The maximum absolute atomic E-state index is 11.9. The minimum atomic E-state index is -0.468. The summed E-state index contributed by atoms with van der Waals surface area (Å²) in [5.41, 5.74) is 7.38. The molecule has 4 heteroatoms. The topological polar surface area (TPSA) is 55.6 Å². The fraction of sp³-hybridized carbons (Fsp3) is 0.562. The molecule has 110 valence electrons. The van der Waals surface area contributed by atoms with Crippen LogP contribution in [0.2, 0.25) is 0 Å². The Balaban J connectivity index is 2.00. The first kappa shape index (κ1) is 14.9. The van der Waals surface area contributed by atoms with Crippen molar-refractivity contribution in [3.8, 4) is 0 Å². The van der Waals surface area contributed by atoms with Crippen molar-refractivity contribution in [3.05, 3.63) is 29.8 Å². The van der Waals surface area contributed by atoms with E-state index in [4.69, 9.17) is 10.6 Å². The molecule has 0 aromatic heterocycles. The smallest absolute Gasteiger partial charge is 0.330 e. The minimum absolute atomic E-state index is 0.175. The summed E-state index contributed by atoms with van der Waals surface area (Å²) in [5.74, 6) is 0.200. The van der Waals surface area contributed by atoms with Crippen LogP contribution in [0.15, 0.2) is 24.3 Å². The molecule has 1 fully saturated rings. The molecular weight excluding hydrogens is 252 g/mol. The van der Waals surface area contributed by atoms with Crippen LogP contribution in [-0.2, 0) is 9.63 Å². The van der Waals surface area contributed by atoms with Gasteiger partial charge in [0.15, 0.2) is 0 Å². The molecule has 1 aliphatic heterocycles. The Morgan fingerprint density at radius 3 is 2.80 bits per heavy atom. The number of anilines is 1. The van der Waals surface area contributed by atoms with E-state index in [1.54, 1.807) is 5.06 Å². The van der Waals surface area contributed by atoms with E-state index in [1.165, 1.54) is 5.56 Å². The van der Waals surface area contributed by atoms with E-state index < -0.39 is 5.41 Å². The zero-order valence-corrected chi connectivity index (χ0v) is 12.6. The second kappa shape index (κ2) is 5.83. The molecule has 4 nitrogen and oxygen atoms in total. The summed E-state index contributed by atoms with van der Waals surface area (Å²) in [6.07, 6.45) is 2.13. The van der Waals surface area contributed by atoms with Crippen LogP contribution in [0.4, 0.5) is 5.69 Å². The number of carbonyl (C=O) groups is 1. The highest BCUT2D eigenvalue weighted by Gasteiger charge is 2.29. The van der Waals surface area contributed by atoms with Gasteiger partial charge in [-0.05, 0) is 51.3 Å². The van der Waals surface area contributed by atoms with Crippen molar-refractivity contribution in [2.45, 2.75) is 39.5 Å². The average Bonchev–Trinajstić information content (AvgIpc) is 2.38. The van der Waals surface area contributed by atoms with Gasteiger partial charge in [0, 0.05) is 24.7 Å². The SMILES string of the molecule is CC(C)(C)C(=O)ON1CCCC(c2cccc(N)c2)C1. The molecule has 20 heavy (non-hydrogen) atoms. The van der Waals surface area contributed by atoms with Crippen molar-refractivity contribution in [1.82, 2.24) is 5.06 Å². The Morgan fingerprint density at radius 1 is 1.40 bits per heavy atom. The number of nitrogens with two attached hydrogens (primary N) is 1. The highest BCUT2D eigenvalue weighted by molar-refractivity contribution is 5.75. The molecule has 1 saturated heterocycles. The molecule has 1 aromatic rings. The summed E-state index contributed by atoms with van der Waals surface area (Å²) < 4.78 is 0. The van der Waals surface area contributed by atoms with Crippen LogP contribution < -0.4 is 5.73 Å². The lowest BCUT2D eigenvalue weighted by Gasteiger charge is -2.33.